The van der Waals surface area contributed by atoms with Crippen LogP contribution in [-0.2, 0) is 13.2 Å². The van der Waals surface area contributed by atoms with Crippen molar-refractivity contribution >= 4 is 11.7 Å². The summed E-state index contributed by atoms with van der Waals surface area (Å²) in [4.78, 5) is 13.1. The van der Waals surface area contributed by atoms with E-state index in [1.165, 1.54) is 4.90 Å². The highest BCUT2D eigenvalue weighted by Gasteiger charge is 2.09. The predicted molar refractivity (Wildman–Crippen MR) is 79.7 cm³/mol. The number of rotatable bonds is 5. The van der Waals surface area contributed by atoms with E-state index >= 15 is 0 Å². The molecule has 0 saturated heterocycles. The lowest BCUT2D eigenvalue weighted by molar-refractivity contribution is 0.0821. The molecule has 0 unspecified atom stereocenters. The lowest BCUT2D eigenvalue weighted by Crippen LogP contribution is -2.23. The van der Waals surface area contributed by atoms with Gasteiger partial charge in [0, 0.05) is 20.6 Å². The standard InChI is InChI=1S/C15H18N4O2/c1-19(2)15(21)13-6-7-14(18-17-13)16-9-11-4-3-5-12(8-11)10-20/h3-8,20H,9-10H2,1-2H3,(H,16,18). The molecule has 1 amide bonds. The van der Waals surface area contributed by atoms with Gasteiger partial charge in [0.2, 0.25) is 0 Å². The molecule has 1 aromatic carbocycles. The molecule has 0 atom stereocenters. The minimum absolute atomic E-state index is 0.0228. The maximum absolute atomic E-state index is 11.7. The van der Waals surface area contributed by atoms with E-state index in [0.29, 0.717) is 18.1 Å². The average molecular weight is 286 g/mol. The van der Waals surface area contributed by atoms with Crippen LogP contribution in [0.2, 0.25) is 0 Å². The Bertz CT molecular complexity index is 611. The molecule has 21 heavy (non-hydrogen) atoms. The van der Waals surface area contributed by atoms with Gasteiger partial charge in [0.05, 0.1) is 6.61 Å². The van der Waals surface area contributed by atoms with Crippen molar-refractivity contribution in [3.8, 4) is 0 Å². The molecule has 0 aliphatic heterocycles. The zero-order valence-corrected chi connectivity index (χ0v) is 12.1. The fraction of sp³-hybridized carbons (Fsp3) is 0.267. The van der Waals surface area contributed by atoms with Gasteiger partial charge in [-0.2, -0.15) is 0 Å². The highest BCUT2D eigenvalue weighted by molar-refractivity contribution is 5.91. The summed E-state index contributed by atoms with van der Waals surface area (Å²) in [7, 11) is 3.34. The molecule has 6 nitrogen and oxygen atoms in total. The van der Waals surface area contributed by atoms with Gasteiger partial charge in [-0.05, 0) is 23.3 Å². The van der Waals surface area contributed by atoms with Crippen LogP contribution >= 0.6 is 0 Å². The normalized spacial score (nSPS) is 10.2. The summed E-state index contributed by atoms with van der Waals surface area (Å²) in [5.41, 5.74) is 2.22. The molecule has 0 bridgehead atoms. The summed E-state index contributed by atoms with van der Waals surface area (Å²) in [6.45, 7) is 0.596. The summed E-state index contributed by atoms with van der Waals surface area (Å²) in [6, 6.07) is 11.0. The van der Waals surface area contributed by atoms with Crippen LogP contribution in [0.3, 0.4) is 0 Å². The first-order chi connectivity index (χ1) is 10.1. The van der Waals surface area contributed by atoms with E-state index in [9.17, 15) is 4.79 Å². The molecule has 0 radical (unpaired) electrons. The van der Waals surface area contributed by atoms with E-state index in [-0.39, 0.29) is 12.5 Å². The highest BCUT2D eigenvalue weighted by Crippen LogP contribution is 2.09. The maximum atomic E-state index is 11.7. The number of nitrogens with zero attached hydrogens (tertiary/aromatic N) is 3. The van der Waals surface area contributed by atoms with E-state index < -0.39 is 0 Å². The molecule has 0 saturated carbocycles. The SMILES string of the molecule is CN(C)C(=O)c1ccc(NCc2cccc(CO)c2)nn1. The number of aromatic nitrogens is 2. The molecule has 2 aromatic rings. The fourth-order valence-corrected chi connectivity index (χ4v) is 1.80. The molecule has 1 aromatic heterocycles. The monoisotopic (exact) mass is 286 g/mol. The number of carbonyl (C=O) groups is 1. The van der Waals surface area contributed by atoms with Gasteiger partial charge in [0.1, 0.15) is 5.82 Å². The fourth-order valence-electron chi connectivity index (χ4n) is 1.80. The molecule has 0 aliphatic carbocycles. The molecule has 0 spiro atoms. The van der Waals surface area contributed by atoms with Crippen molar-refractivity contribution in [3.63, 3.8) is 0 Å². The summed E-state index contributed by atoms with van der Waals surface area (Å²) >= 11 is 0. The summed E-state index contributed by atoms with van der Waals surface area (Å²) in [5.74, 6) is 0.421. The van der Waals surface area contributed by atoms with Crippen LogP contribution in [0.1, 0.15) is 21.6 Å². The van der Waals surface area contributed by atoms with E-state index in [1.54, 1.807) is 26.2 Å². The number of nitrogens with one attached hydrogen (secondary N) is 1. The second kappa shape index (κ2) is 6.81. The van der Waals surface area contributed by atoms with Gasteiger partial charge in [-0.3, -0.25) is 4.79 Å². The maximum Gasteiger partial charge on any atom is 0.273 e. The van der Waals surface area contributed by atoms with Crippen LogP contribution < -0.4 is 5.32 Å². The van der Waals surface area contributed by atoms with Gasteiger partial charge in [-0.25, -0.2) is 0 Å². The third-order valence-corrected chi connectivity index (χ3v) is 2.94. The number of amides is 1. The summed E-state index contributed by atoms with van der Waals surface area (Å²) < 4.78 is 0. The van der Waals surface area contributed by atoms with Crippen molar-refractivity contribution in [1.29, 1.82) is 0 Å². The Morgan fingerprint density at radius 3 is 2.57 bits per heavy atom. The molecule has 0 aliphatic rings. The molecular formula is C15H18N4O2. The minimum atomic E-state index is -0.176. The minimum Gasteiger partial charge on any atom is -0.392 e. The topological polar surface area (TPSA) is 78.4 Å². The number of aliphatic hydroxyl groups excluding tert-OH is 1. The van der Waals surface area contributed by atoms with E-state index in [0.717, 1.165) is 11.1 Å². The van der Waals surface area contributed by atoms with Crippen LogP contribution in [0.4, 0.5) is 5.82 Å². The second-order valence-electron chi connectivity index (χ2n) is 4.84. The Balaban J connectivity index is 1.99. The highest BCUT2D eigenvalue weighted by atomic mass is 16.3. The summed E-state index contributed by atoms with van der Waals surface area (Å²) in [6.07, 6.45) is 0. The number of hydrogen-bond acceptors (Lipinski definition) is 5. The van der Waals surface area contributed by atoms with Gasteiger partial charge in [0.25, 0.3) is 5.91 Å². The lowest BCUT2D eigenvalue weighted by Gasteiger charge is -2.10. The van der Waals surface area contributed by atoms with Crippen molar-refractivity contribution in [3.05, 3.63) is 53.2 Å². The van der Waals surface area contributed by atoms with E-state index in [4.69, 9.17) is 5.11 Å². The van der Waals surface area contributed by atoms with Crippen LogP contribution in [0.25, 0.3) is 0 Å². The number of carbonyl (C=O) groups excluding carboxylic acids is 1. The van der Waals surface area contributed by atoms with Crippen LogP contribution in [0.5, 0.6) is 0 Å². The zero-order valence-electron chi connectivity index (χ0n) is 12.1. The largest absolute Gasteiger partial charge is 0.392 e. The Kier molecular flexibility index (Phi) is 4.84. The van der Waals surface area contributed by atoms with Gasteiger partial charge < -0.3 is 15.3 Å². The molecule has 2 rings (SSSR count). The Labute approximate surface area is 123 Å². The van der Waals surface area contributed by atoms with Gasteiger partial charge >= 0.3 is 0 Å². The molecule has 2 N–H and O–H groups in total. The van der Waals surface area contributed by atoms with Crippen molar-refractivity contribution in [1.82, 2.24) is 15.1 Å². The zero-order chi connectivity index (χ0) is 15.2. The van der Waals surface area contributed by atoms with Crippen LogP contribution in [0, 0.1) is 0 Å². The third-order valence-electron chi connectivity index (χ3n) is 2.94. The van der Waals surface area contributed by atoms with Gasteiger partial charge in [-0.15, -0.1) is 10.2 Å². The smallest absolute Gasteiger partial charge is 0.273 e. The second-order valence-corrected chi connectivity index (χ2v) is 4.84. The first kappa shape index (κ1) is 14.9. The Morgan fingerprint density at radius 2 is 1.95 bits per heavy atom. The van der Waals surface area contributed by atoms with Crippen molar-refractivity contribution in [2.24, 2.45) is 0 Å². The van der Waals surface area contributed by atoms with E-state index in [1.807, 2.05) is 24.3 Å². The van der Waals surface area contributed by atoms with Crippen molar-refractivity contribution in [2.45, 2.75) is 13.2 Å². The van der Waals surface area contributed by atoms with Crippen molar-refractivity contribution < 1.29 is 9.90 Å². The van der Waals surface area contributed by atoms with Crippen LogP contribution in [-0.4, -0.2) is 40.2 Å². The quantitative estimate of drug-likeness (QED) is 0.865. The third kappa shape index (κ3) is 4.00. The van der Waals surface area contributed by atoms with Gasteiger partial charge in [0.15, 0.2) is 5.69 Å². The predicted octanol–water partition coefficient (Wildman–Crippen LogP) is 1.28. The number of hydrogen-bond donors (Lipinski definition) is 2. The number of anilines is 1. The van der Waals surface area contributed by atoms with E-state index in [2.05, 4.69) is 15.5 Å². The first-order valence-corrected chi connectivity index (χ1v) is 6.58. The molecular weight excluding hydrogens is 268 g/mol. The Hall–Kier alpha value is -2.47. The number of benzene rings is 1. The first-order valence-electron chi connectivity index (χ1n) is 6.58. The lowest BCUT2D eigenvalue weighted by atomic mass is 10.1. The van der Waals surface area contributed by atoms with Crippen LogP contribution in [0.15, 0.2) is 36.4 Å². The van der Waals surface area contributed by atoms with Gasteiger partial charge in [-0.1, -0.05) is 24.3 Å². The molecule has 1 heterocycles. The molecule has 110 valence electrons. The average Bonchev–Trinajstić information content (AvgIpc) is 2.53. The number of aliphatic hydroxyl groups is 1. The summed E-state index contributed by atoms with van der Waals surface area (Å²) in [5, 5.41) is 20.1. The molecule has 6 heteroatoms. The Morgan fingerprint density at radius 1 is 1.19 bits per heavy atom. The van der Waals surface area contributed by atoms with Crippen molar-refractivity contribution in [2.75, 3.05) is 19.4 Å². The molecule has 0 fully saturated rings.